The number of nitrogens with zero attached hydrogens (tertiary/aromatic N) is 5. The van der Waals surface area contributed by atoms with E-state index in [4.69, 9.17) is 14.2 Å². The van der Waals surface area contributed by atoms with Gasteiger partial charge in [0, 0.05) is 50.3 Å². The molecule has 4 rings (SSSR count). The first-order valence-corrected chi connectivity index (χ1v) is 10.9. The molecular formula is C22H31N5O3. The molecule has 0 atom stereocenters. The lowest BCUT2D eigenvalue weighted by Crippen LogP contribution is -2.46. The summed E-state index contributed by atoms with van der Waals surface area (Å²) in [5, 5.41) is 4.03. The predicted octanol–water partition coefficient (Wildman–Crippen LogP) is 2.60. The standard InChI is InChI=1S/C22H31N5O3/c1-15(2)22-23-13-18(19-12-16(3)25-30-19)21(24-22)17-4-6-27(7-5-17)20(28)14-26-8-10-29-11-9-26/h12-13,15,17H,4-11,14H2,1-3H3. The molecule has 0 N–H and O–H groups in total. The van der Waals surface area contributed by atoms with Crippen LogP contribution < -0.4 is 0 Å². The zero-order valence-electron chi connectivity index (χ0n) is 18.1. The summed E-state index contributed by atoms with van der Waals surface area (Å²) in [5.74, 6) is 2.30. The fraction of sp³-hybridized carbons (Fsp3) is 0.636. The highest BCUT2D eigenvalue weighted by molar-refractivity contribution is 5.78. The number of aromatic nitrogens is 3. The smallest absolute Gasteiger partial charge is 0.236 e. The summed E-state index contributed by atoms with van der Waals surface area (Å²) in [5.41, 5.74) is 2.77. The van der Waals surface area contributed by atoms with E-state index in [1.807, 2.05) is 24.1 Å². The lowest BCUT2D eigenvalue weighted by Gasteiger charge is -2.34. The Hall–Kier alpha value is -2.32. The van der Waals surface area contributed by atoms with Crippen LogP contribution in [0.15, 0.2) is 16.8 Å². The molecule has 0 spiro atoms. The molecule has 4 heterocycles. The first-order valence-electron chi connectivity index (χ1n) is 10.9. The first-order chi connectivity index (χ1) is 14.5. The van der Waals surface area contributed by atoms with E-state index in [1.54, 1.807) is 0 Å². The van der Waals surface area contributed by atoms with Crippen LogP contribution in [0.3, 0.4) is 0 Å². The second-order valence-electron chi connectivity index (χ2n) is 8.56. The van der Waals surface area contributed by atoms with Crippen LogP contribution in [0.1, 0.15) is 55.7 Å². The lowest BCUT2D eigenvalue weighted by molar-refractivity contribution is -0.134. The van der Waals surface area contributed by atoms with Crippen molar-refractivity contribution < 1.29 is 14.1 Å². The van der Waals surface area contributed by atoms with Crippen LogP contribution >= 0.6 is 0 Å². The Labute approximate surface area is 177 Å². The minimum Gasteiger partial charge on any atom is -0.379 e. The summed E-state index contributed by atoms with van der Waals surface area (Å²) in [6.07, 6.45) is 3.65. The van der Waals surface area contributed by atoms with Crippen LogP contribution in [-0.2, 0) is 9.53 Å². The zero-order chi connectivity index (χ0) is 21.1. The molecule has 2 aromatic rings. The fourth-order valence-corrected chi connectivity index (χ4v) is 4.13. The van der Waals surface area contributed by atoms with Crippen LogP contribution in [0.25, 0.3) is 11.3 Å². The van der Waals surface area contributed by atoms with Crippen molar-refractivity contribution in [3.63, 3.8) is 0 Å². The van der Waals surface area contributed by atoms with Gasteiger partial charge in [0.15, 0.2) is 5.76 Å². The number of rotatable bonds is 5. The Kier molecular flexibility index (Phi) is 6.43. The molecule has 0 radical (unpaired) electrons. The second-order valence-corrected chi connectivity index (χ2v) is 8.56. The van der Waals surface area contributed by atoms with Crippen LogP contribution in [0, 0.1) is 6.92 Å². The maximum absolute atomic E-state index is 12.7. The van der Waals surface area contributed by atoms with Crippen LogP contribution in [-0.4, -0.2) is 76.8 Å². The number of hydrogen-bond donors (Lipinski definition) is 0. The van der Waals surface area contributed by atoms with Crippen molar-refractivity contribution in [2.45, 2.75) is 45.4 Å². The predicted molar refractivity (Wildman–Crippen MR) is 112 cm³/mol. The third-order valence-electron chi connectivity index (χ3n) is 5.94. The van der Waals surface area contributed by atoms with E-state index >= 15 is 0 Å². The molecule has 2 aliphatic heterocycles. The molecular weight excluding hydrogens is 382 g/mol. The number of carbonyl (C=O) groups excluding carboxylic acids is 1. The highest BCUT2D eigenvalue weighted by atomic mass is 16.5. The van der Waals surface area contributed by atoms with E-state index in [0.29, 0.717) is 25.5 Å². The van der Waals surface area contributed by atoms with Crippen LogP contribution in [0.5, 0.6) is 0 Å². The van der Waals surface area contributed by atoms with Gasteiger partial charge in [-0.2, -0.15) is 0 Å². The van der Waals surface area contributed by atoms with Crippen LogP contribution in [0.4, 0.5) is 0 Å². The summed E-state index contributed by atoms with van der Waals surface area (Å²) in [6, 6.07) is 1.93. The first kappa shape index (κ1) is 20.9. The summed E-state index contributed by atoms with van der Waals surface area (Å²) in [6.45, 7) is 11.2. The van der Waals surface area contributed by atoms with Gasteiger partial charge in [-0.1, -0.05) is 19.0 Å². The van der Waals surface area contributed by atoms with Crippen molar-refractivity contribution in [1.29, 1.82) is 0 Å². The number of amides is 1. The van der Waals surface area contributed by atoms with Crippen molar-refractivity contribution in [2.75, 3.05) is 45.9 Å². The van der Waals surface area contributed by atoms with Crippen molar-refractivity contribution in [2.24, 2.45) is 0 Å². The van der Waals surface area contributed by atoms with Gasteiger partial charge in [0.2, 0.25) is 5.91 Å². The van der Waals surface area contributed by atoms with E-state index in [1.165, 1.54) is 0 Å². The normalized spacial score (nSPS) is 18.9. The maximum Gasteiger partial charge on any atom is 0.236 e. The summed E-state index contributed by atoms with van der Waals surface area (Å²) in [4.78, 5) is 26.4. The van der Waals surface area contributed by atoms with Gasteiger partial charge in [0.25, 0.3) is 0 Å². The Balaban J connectivity index is 1.46. The van der Waals surface area contributed by atoms with Gasteiger partial charge in [-0.15, -0.1) is 0 Å². The summed E-state index contributed by atoms with van der Waals surface area (Å²) >= 11 is 0. The summed E-state index contributed by atoms with van der Waals surface area (Å²) < 4.78 is 10.9. The Morgan fingerprint density at radius 2 is 1.93 bits per heavy atom. The van der Waals surface area contributed by atoms with Gasteiger partial charge in [0.1, 0.15) is 5.82 Å². The quantitative estimate of drug-likeness (QED) is 0.745. The molecule has 0 bridgehead atoms. The molecule has 1 amide bonds. The highest BCUT2D eigenvalue weighted by Crippen LogP contribution is 2.34. The van der Waals surface area contributed by atoms with Gasteiger partial charge in [0.05, 0.1) is 36.7 Å². The highest BCUT2D eigenvalue weighted by Gasteiger charge is 2.29. The lowest BCUT2D eigenvalue weighted by atomic mass is 9.90. The number of morpholine rings is 1. The molecule has 8 heteroatoms. The van der Waals surface area contributed by atoms with E-state index in [-0.39, 0.29) is 17.7 Å². The largest absolute Gasteiger partial charge is 0.379 e. The molecule has 0 aromatic carbocycles. The van der Waals surface area contributed by atoms with Crippen molar-refractivity contribution in [3.8, 4) is 11.3 Å². The number of likely N-dealkylation sites (tertiary alicyclic amines) is 1. The van der Waals surface area contributed by atoms with Crippen molar-refractivity contribution in [3.05, 3.63) is 29.5 Å². The van der Waals surface area contributed by atoms with Crippen LogP contribution in [0.2, 0.25) is 0 Å². The molecule has 0 aliphatic carbocycles. The average Bonchev–Trinajstić information content (AvgIpc) is 3.20. The fourth-order valence-electron chi connectivity index (χ4n) is 4.13. The molecule has 162 valence electrons. The minimum atomic E-state index is 0.215. The molecule has 2 aromatic heterocycles. The van der Waals surface area contributed by atoms with Gasteiger partial charge < -0.3 is 14.2 Å². The molecule has 2 fully saturated rings. The molecule has 2 saturated heterocycles. The van der Waals surface area contributed by atoms with Gasteiger partial charge in [-0.3, -0.25) is 9.69 Å². The molecule has 0 unspecified atom stereocenters. The third kappa shape index (κ3) is 4.70. The van der Waals surface area contributed by atoms with E-state index in [2.05, 4.69) is 28.9 Å². The SMILES string of the molecule is Cc1cc(-c2cnc(C(C)C)nc2C2CCN(C(=O)CN3CCOCC3)CC2)on1. The monoisotopic (exact) mass is 413 g/mol. The number of piperidine rings is 1. The van der Waals surface area contributed by atoms with Gasteiger partial charge >= 0.3 is 0 Å². The van der Waals surface area contributed by atoms with E-state index < -0.39 is 0 Å². The third-order valence-corrected chi connectivity index (χ3v) is 5.94. The molecule has 30 heavy (non-hydrogen) atoms. The van der Waals surface area contributed by atoms with Crippen molar-refractivity contribution in [1.82, 2.24) is 24.9 Å². The number of carbonyl (C=O) groups is 1. The Bertz CT molecular complexity index is 867. The Morgan fingerprint density at radius 1 is 1.20 bits per heavy atom. The number of hydrogen-bond acceptors (Lipinski definition) is 7. The minimum absolute atomic E-state index is 0.215. The van der Waals surface area contributed by atoms with Gasteiger partial charge in [-0.25, -0.2) is 9.97 Å². The van der Waals surface area contributed by atoms with Gasteiger partial charge in [-0.05, 0) is 19.8 Å². The zero-order valence-corrected chi connectivity index (χ0v) is 18.1. The topological polar surface area (TPSA) is 84.6 Å². The average molecular weight is 414 g/mol. The Morgan fingerprint density at radius 3 is 2.57 bits per heavy atom. The van der Waals surface area contributed by atoms with E-state index in [9.17, 15) is 4.79 Å². The molecule has 8 nitrogen and oxygen atoms in total. The summed E-state index contributed by atoms with van der Waals surface area (Å²) in [7, 11) is 0. The van der Waals surface area contributed by atoms with E-state index in [0.717, 1.165) is 61.8 Å². The molecule has 0 saturated carbocycles. The second kappa shape index (κ2) is 9.22. The molecule has 2 aliphatic rings. The maximum atomic E-state index is 12.7. The number of ether oxygens (including phenoxy) is 1. The van der Waals surface area contributed by atoms with Crippen molar-refractivity contribution >= 4 is 5.91 Å². The number of aryl methyl sites for hydroxylation is 1.